The van der Waals surface area contributed by atoms with Crippen molar-refractivity contribution in [3.05, 3.63) is 68.6 Å². The molecule has 2 aromatic carbocycles. The second-order valence-corrected chi connectivity index (χ2v) is 7.59. The number of benzene rings is 2. The predicted octanol–water partition coefficient (Wildman–Crippen LogP) is 4.81. The lowest BCUT2D eigenvalue weighted by Gasteiger charge is -2.05. The molecule has 4 rings (SSSR count). The van der Waals surface area contributed by atoms with Gasteiger partial charge >= 0.3 is 0 Å². The van der Waals surface area contributed by atoms with Crippen molar-refractivity contribution in [2.75, 3.05) is 11.1 Å². The van der Waals surface area contributed by atoms with Crippen molar-refractivity contribution < 1.29 is 9.72 Å². The summed E-state index contributed by atoms with van der Waals surface area (Å²) in [5.41, 5.74) is 9.33. The van der Waals surface area contributed by atoms with E-state index in [2.05, 4.69) is 10.3 Å². The largest absolute Gasteiger partial charge is 0.397 e. The Bertz CT molecular complexity index is 1280. The second-order valence-electron chi connectivity index (χ2n) is 6.59. The van der Waals surface area contributed by atoms with Gasteiger partial charge in [0.2, 0.25) is 0 Å². The van der Waals surface area contributed by atoms with Gasteiger partial charge in [-0.25, -0.2) is 4.98 Å². The number of fused-ring (bicyclic) bond motifs is 2. The average Bonchev–Trinajstić information content (AvgIpc) is 2.97. The van der Waals surface area contributed by atoms with Crippen molar-refractivity contribution in [2.45, 2.75) is 13.8 Å². The molecule has 2 aromatic heterocycles. The lowest BCUT2D eigenvalue weighted by Crippen LogP contribution is -2.12. The highest BCUT2D eigenvalue weighted by Crippen LogP contribution is 2.35. The monoisotopic (exact) mass is 392 g/mol. The van der Waals surface area contributed by atoms with Crippen molar-refractivity contribution in [1.82, 2.24) is 4.98 Å². The van der Waals surface area contributed by atoms with E-state index in [0.717, 1.165) is 21.9 Å². The van der Waals surface area contributed by atoms with E-state index in [1.165, 1.54) is 17.4 Å². The Hall–Kier alpha value is -3.52. The Morgan fingerprint density at radius 3 is 2.71 bits per heavy atom. The zero-order chi connectivity index (χ0) is 20.0. The second kappa shape index (κ2) is 6.58. The summed E-state index contributed by atoms with van der Waals surface area (Å²) in [5.74, 6) is -0.418. The number of anilines is 2. The summed E-state index contributed by atoms with van der Waals surface area (Å²) < 4.78 is 0. The number of pyridine rings is 1. The number of nitrogens with one attached hydrogen (secondary N) is 1. The third-order valence-electron chi connectivity index (χ3n) is 4.54. The molecule has 7 nitrogen and oxygen atoms in total. The minimum atomic E-state index is -0.476. The first-order valence-corrected chi connectivity index (χ1v) is 9.31. The summed E-state index contributed by atoms with van der Waals surface area (Å²) in [6.45, 7) is 3.64. The zero-order valence-electron chi connectivity index (χ0n) is 15.1. The zero-order valence-corrected chi connectivity index (χ0v) is 16.0. The molecule has 0 aliphatic heterocycles. The van der Waals surface area contributed by atoms with E-state index in [4.69, 9.17) is 5.73 Å². The van der Waals surface area contributed by atoms with Gasteiger partial charge in [-0.3, -0.25) is 14.9 Å². The predicted molar refractivity (Wildman–Crippen MR) is 112 cm³/mol. The van der Waals surface area contributed by atoms with E-state index in [0.29, 0.717) is 26.6 Å². The summed E-state index contributed by atoms with van der Waals surface area (Å²) >= 11 is 1.20. The average molecular weight is 392 g/mol. The van der Waals surface area contributed by atoms with Gasteiger partial charge in [0.1, 0.15) is 9.71 Å². The number of hydrogen-bond acceptors (Lipinski definition) is 6. The maximum absolute atomic E-state index is 12.7. The molecule has 4 aromatic rings. The van der Waals surface area contributed by atoms with Crippen molar-refractivity contribution in [3.8, 4) is 0 Å². The Labute approximate surface area is 164 Å². The fourth-order valence-electron chi connectivity index (χ4n) is 3.04. The molecule has 140 valence electrons. The molecule has 8 heteroatoms. The van der Waals surface area contributed by atoms with Crippen LogP contribution >= 0.6 is 11.3 Å². The highest BCUT2D eigenvalue weighted by molar-refractivity contribution is 7.21. The van der Waals surface area contributed by atoms with E-state index in [9.17, 15) is 14.9 Å². The number of aromatic nitrogens is 1. The van der Waals surface area contributed by atoms with Gasteiger partial charge in [0.25, 0.3) is 11.6 Å². The molecule has 0 radical (unpaired) electrons. The number of carbonyl (C=O) groups is 1. The standard InChI is InChI=1S/C20H16N4O3S/c1-10-3-5-12-8-14-17(21)18(28-20(14)23-15(12)7-10)19(25)22-13-6-4-11(2)16(9-13)24(26)27/h3-9H,21H2,1-2H3,(H,22,25). The van der Waals surface area contributed by atoms with E-state index >= 15 is 0 Å². The molecule has 0 saturated heterocycles. The van der Waals surface area contributed by atoms with Gasteiger partial charge in [0, 0.05) is 28.1 Å². The molecule has 28 heavy (non-hydrogen) atoms. The first kappa shape index (κ1) is 17.9. The number of nitro groups is 1. The Kier molecular flexibility index (Phi) is 4.20. The maximum atomic E-state index is 12.7. The number of aryl methyl sites for hydroxylation is 2. The molecule has 0 atom stereocenters. The normalized spacial score (nSPS) is 11.1. The van der Waals surface area contributed by atoms with Crippen LogP contribution in [0.3, 0.4) is 0 Å². The number of nitro benzene ring substituents is 1. The first-order valence-electron chi connectivity index (χ1n) is 8.49. The minimum Gasteiger partial charge on any atom is -0.397 e. The van der Waals surface area contributed by atoms with Crippen LogP contribution in [0, 0.1) is 24.0 Å². The van der Waals surface area contributed by atoms with Crippen LogP contribution in [-0.4, -0.2) is 15.8 Å². The summed E-state index contributed by atoms with van der Waals surface area (Å²) in [5, 5.41) is 15.5. The number of nitrogens with zero attached hydrogens (tertiary/aromatic N) is 2. The van der Waals surface area contributed by atoms with E-state index < -0.39 is 10.8 Å². The number of carbonyl (C=O) groups excluding carboxylic acids is 1. The van der Waals surface area contributed by atoms with Gasteiger partial charge in [-0.05, 0) is 37.6 Å². The molecule has 0 fully saturated rings. The van der Waals surface area contributed by atoms with Crippen molar-refractivity contribution in [2.24, 2.45) is 0 Å². The number of nitrogen functional groups attached to an aromatic ring is 1. The maximum Gasteiger partial charge on any atom is 0.274 e. The summed E-state index contributed by atoms with van der Waals surface area (Å²) in [6, 6.07) is 12.4. The minimum absolute atomic E-state index is 0.0506. The van der Waals surface area contributed by atoms with Crippen molar-refractivity contribution in [1.29, 1.82) is 0 Å². The van der Waals surface area contributed by atoms with E-state index in [-0.39, 0.29) is 5.69 Å². The van der Waals surface area contributed by atoms with E-state index in [1.54, 1.807) is 19.1 Å². The van der Waals surface area contributed by atoms with Crippen LogP contribution < -0.4 is 11.1 Å². The first-order chi connectivity index (χ1) is 13.3. The lowest BCUT2D eigenvalue weighted by atomic mass is 10.1. The highest BCUT2D eigenvalue weighted by Gasteiger charge is 2.19. The van der Waals surface area contributed by atoms with Crippen LogP contribution in [0.2, 0.25) is 0 Å². The molecule has 0 spiro atoms. The summed E-state index contributed by atoms with van der Waals surface area (Å²) in [7, 11) is 0. The smallest absolute Gasteiger partial charge is 0.274 e. The van der Waals surface area contributed by atoms with Crippen molar-refractivity contribution >= 4 is 55.4 Å². The Morgan fingerprint density at radius 1 is 1.18 bits per heavy atom. The van der Waals surface area contributed by atoms with Crippen LogP contribution in [0.25, 0.3) is 21.1 Å². The number of nitrogens with two attached hydrogens (primary N) is 1. The van der Waals surface area contributed by atoms with Gasteiger partial charge in [0.15, 0.2) is 0 Å². The highest BCUT2D eigenvalue weighted by atomic mass is 32.1. The fourth-order valence-corrected chi connectivity index (χ4v) is 4.02. The number of thiophene rings is 1. The lowest BCUT2D eigenvalue weighted by molar-refractivity contribution is -0.385. The van der Waals surface area contributed by atoms with Crippen molar-refractivity contribution in [3.63, 3.8) is 0 Å². The van der Waals surface area contributed by atoms with Crippen LogP contribution in [0.4, 0.5) is 17.1 Å². The van der Waals surface area contributed by atoms with Gasteiger partial charge in [-0.1, -0.05) is 18.2 Å². The molecule has 1 amide bonds. The molecule has 3 N–H and O–H groups in total. The molecule has 0 bridgehead atoms. The van der Waals surface area contributed by atoms with Gasteiger partial charge < -0.3 is 11.1 Å². The summed E-state index contributed by atoms with van der Waals surface area (Å²) in [6.07, 6.45) is 0. The van der Waals surface area contributed by atoms with Gasteiger partial charge in [-0.2, -0.15) is 0 Å². The van der Waals surface area contributed by atoms with Gasteiger partial charge in [-0.15, -0.1) is 11.3 Å². The Balaban J connectivity index is 1.73. The third kappa shape index (κ3) is 3.03. The van der Waals surface area contributed by atoms with Crippen LogP contribution in [0.1, 0.15) is 20.8 Å². The molecule has 2 heterocycles. The molecule has 0 aliphatic carbocycles. The van der Waals surface area contributed by atoms with Crippen LogP contribution in [0.5, 0.6) is 0 Å². The molecular formula is C20H16N4O3S. The summed E-state index contributed by atoms with van der Waals surface area (Å²) in [4.78, 5) is 29.0. The molecule has 0 unspecified atom stereocenters. The molecular weight excluding hydrogens is 376 g/mol. The Morgan fingerprint density at radius 2 is 1.96 bits per heavy atom. The quantitative estimate of drug-likeness (QED) is 0.384. The molecule has 0 saturated carbocycles. The fraction of sp³-hybridized carbons (Fsp3) is 0.100. The number of hydrogen-bond donors (Lipinski definition) is 2. The van der Waals surface area contributed by atoms with Gasteiger partial charge in [0.05, 0.1) is 16.1 Å². The third-order valence-corrected chi connectivity index (χ3v) is 5.66. The number of amides is 1. The SMILES string of the molecule is Cc1ccc2cc3c(N)c(C(=O)Nc4ccc(C)c([N+](=O)[O-])c4)sc3nc2c1. The van der Waals surface area contributed by atoms with Crippen LogP contribution in [0.15, 0.2) is 42.5 Å². The van der Waals surface area contributed by atoms with Crippen LogP contribution in [-0.2, 0) is 0 Å². The molecule has 0 aliphatic rings. The van der Waals surface area contributed by atoms with E-state index in [1.807, 2.05) is 31.2 Å². The number of rotatable bonds is 3. The topological polar surface area (TPSA) is 111 Å².